The molecule has 9 nitrogen and oxygen atoms in total. The zero-order chi connectivity index (χ0) is 33.4. The molecule has 4 aromatic carbocycles. The van der Waals surface area contributed by atoms with Crippen molar-refractivity contribution in [2.75, 3.05) is 4.90 Å². The number of hydrogen-bond acceptors (Lipinski definition) is 7. The summed E-state index contributed by atoms with van der Waals surface area (Å²) in [7, 11) is -4.67. The van der Waals surface area contributed by atoms with Crippen LogP contribution in [-0.4, -0.2) is 18.8 Å². The molecule has 0 saturated carbocycles. The van der Waals surface area contributed by atoms with Crippen molar-refractivity contribution in [3.8, 4) is 24.3 Å². The fraction of sp³-hybridized carbons (Fsp3) is 0.162. The number of carbonyl (C=O) groups is 1. The van der Waals surface area contributed by atoms with E-state index >= 15 is 0 Å². The monoisotopic (exact) mass is 634 g/mol. The molecular weight excluding hydrogens is 609 g/mol. The maximum atomic E-state index is 14.9. The van der Waals surface area contributed by atoms with E-state index in [1.165, 1.54) is 17.0 Å². The minimum Gasteiger partial charge on any atom is -0.266 e. The van der Waals surface area contributed by atoms with Crippen LogP contribution in [0.1, 0.15) is 28.7 Å². The molecule has 0 radical (unpaired) electrons. The number of allylic oxidation sites excluding steroid dienone is 1. The van der Waals surface area contributed by atoms with E-state index in [9.17, 15) is 34.3 Å². The maximum Gasteiger partial charge on any atom is 0.343 e. The Morgan fingerprint density at radius 2 is 1.15 bits per heavy atom. The predicted octanol–water partition coefficient (Wildman–Crippen LogP) is 6.73. The van der Waals surface area contributed by atoms with E-state index in [2.05, 4.69) is 12.1 Å². The zero-order valence-electron chi connectivity index (χ0n) is 25.1. The topological polar surface area (TPSA) is 153 Å². The molecule has 1 fully saturated rings. The summed E-state index contributed by atoms with van der Waals surface area (Å²) in [5.74, 6) is -2.61. The van der Waals surface area contributed by atoms with Gasteiger partial charge in [0.05, 0.1) is 46.8 Å². The second-order valence-electron chi connectivity index (χ2n) is 11.4. The number of aryl methyl sites for hydroxylation is 1. The minimum atomic E-state index is -4.67. The van der Waals surface area contributed by atoms with Crippen LogP contribution >= 0.6 is 0 Å². The Labute approximate surface area is 273 Å². The molecular formula is C37H26N6O3S. The Kier molecular flexibility index (Phi) is 7.62. The first-order chi connectivity index (χ1) is 22.7. The Morgan fingerprint density at radius 3 is 1.66 bits per heavy atom. The average Bonchev–Trinajstić information content (AvgIpc) is 3.11. The van der Waals surface area contributed by atoms with Crippen LogP contribution in [-0.2, 0) is 10.0 Å². The van der Waals surface area contributed by atoms with Crippen LogP contribution in [0, 0.1) is 69.0 Å². The summed E-state index contributed by atoms with van der Waals surface area (Å²) in [5.41, 5.74) is -2.80. The highest BCUT2D eigenvalue weighted by Crippen LogP contribution is 2.64. The third kappa shape index (κ3) is 4.47. The Balaban J connectivity index is 1.78. The van der Waals surface area contributed by atoms with Crippen molar-refractivity contribution in [1.82, 2.24) is 4.31 Å². The number of para-hydroxylation sites is 1. The summed E-state index contributed by atoms with van der Waals surface area (Å²) in [4.78, 5) is 15.9. The number of urea groups is 1. The van der Waals surface area contributed by atoms with Gasteiger partial charge in [-0.3, -0.25) is 4.90 Å². The van der Waals surface area contributed by atoms with Gasteiger partial charge >= 0.3 is 6.03 Å². The van der Waals surface area contributed by atoms with Gasteiger partial charge in [-0.2, -0.15) is 21.0 Å². The van der Waals surface area contributed by atoms with Gasteiger partial charge in [-0.05, 0) is 42.3 Å². The van der Waals surface area contributed by atoms with E-state index in [4.69, 9.17) is 0 Å². The van der Waals surface area contributed by atoms with Crippen molar-refractivity contribution in [2.24, 2.45) is 16.7 Å². The predicted molar refractivity (Wildman–Crippen MR) is 172 cm³/mol. The SMILES string of the molecule is Cc1ccc(S(=O)(=O)N2C(=O)N(c3ccccc3)C3=C[C@H](c4ccccc4)C(C#N)(C#N)C(C#N)(C#N)[C@@H]3[C@H]2c2ccccc2)cc1. The molecule has 4 aromatic rings. The number of nitriles is 4. The van der Waals surface area contributed by atoms with Crippen LogP contribution < -0.4 is 4.90 Å². The van der Waals surface area contributed by atoms with E-state index in [0.717, 1.165) is 5.56 Å². The first kappa shape index (κ1) is 30.8. The van der Waals surface area contributed by atoms with Gasteiger partial charge in [0.25, 0.3) is 10.0 Å². The largest absolute Gasteiger partial charge is 0.343 e. The molecule has 228 valence electrons. The summed E-state index contributed by atoms with van der Waals surface area (Å²) in [6.45, 7) is 1.80. The second-order valence-corrected chi connectivity index (χ2v) is 13.3. The smallest absolute Gasteiger partial charge is 0.266 e. The van der Waals surface area contributed by atoms with Crippen LogP contribution in [0.2, 0.25) is 0 Å². The highest BCUT2D eigenvalue weighted by molar-refractivity contribution is 7.89. The molecule has 6 rings (SSSR count). The molecule has 0 bridgehead atoms. The zero-order valence-corrected chi connectivity index (χ0v) is 25.9. The van der Waals surface area contributed by atoms with Gasteiger partial charge in [-0.25, -0.2) is 17.5 Å². The number of rotatable bonds is 5. The minimum absolute atomic E-state index is 0.142. The number of fused-ring (bicyclic) bond motifs is 1. The molecule has 0 spiro atoms. The summed E-state index contributed by atoms with van der Waals surface area (Å²) in [6.07, 6.45) is 1.58. The third-order valence-corrected chi connectivity index (χ3v) is 10.8. The summed E-state index contributed by atoms with van der Waals surface area (Å²) in [6, 6.07) is 36.9. The van der Waals surface area contributed by atoms with Gasteiger partial charge in [-0.15, -0.1) is 0 Å². The summed E-state index contributed by atoms with van der Waals surface area (Å²) < 4.78 is 30.1. The van der Waals surface area contributed by atoms with Crippen LogP contribution in [0.25, 0.3) is 0 Å². The fourth-order valence-corrected chi connectivity index (χ4v) is 8.30. The van der Waals surface area contributed by atoms with Gasteiger partial charge in [0.15, 0.2) is 10.8 Å². The van der Waals surface area contributed by atoms with Crippen molar-refractivity contribution in [3.05, 3.63) is 144 Å². The van der Waals surface area contributed by atoms with Gasteiger partial charge in [0, 0.05) is 11.6 Å². The second kappa shape index (κ2) is 11.6. The summed E-state index contributed by atoms with van der Waals surface area (Å²) >= 11 is 0. The average molecular weight is 635 g/mol. The van der Waals surface area contributed by atoms with Crippen molar-refractivity contribution < 1.29 is 13.2 Å². The van der Waals surface area contributed by atoms with Crippen molar-refractivity contribution in [2.45, 2.75) is 23.8 Å². The van der Waals surface area contributed by atoms with Gasteiger partial charge in [0.1, 0.15) is 0 Å². The molecule has 10 heteroatoms. The molecule has 47 heavy (non-hydrogen) atoms. The van der Waals surface area contributed by atoms with E-state index < -0.39 is 44.8 Å². The third-order valence-electron chi connectivity index (χ3n) is 9.01. The number of benzene rings is 4. The maximum absolute atomic E-state index is 14.9. The number of hydrogen-bond donors (Lipinski definition) is 0. The number of carbonyl (C=O) groups excluding carboxylic acids is 1. The molecule has 1 aliphatic carbocycles. The molecule has 1 heterocycles. The quantitative estimate of drug-likeness (QED) is 0.236. The van der Waals surface area contributed by atoms with E-state index in [0.29, 0.717) is 15.4 Å². The normalized spacial score (nSPS) is 21.2. The lowest BCUT2D eigenvalue weighted by molar-refractivity contribution is 0.103. The molecule has 0 N–H and O–H groups in total. The highest BCUT2D eigenvalue weighted by Gasteiger charge is 2.71. The molecule has 2 aliphatic rings. The number of anilines is 1. The van der Waals surface area contributed by atoms with Gasteiger partial charge < -0.3 is 0 Å². The standard InChI is InChI=1S/C37H26N6O3S/c1-26-17-19-30(20-18-26)47(45,46)43-34(28-13-7-3-8-14-28)33-32(42(35(43)44)29-15-9-4-10-16-29)21-31(27-11-5-2-6-12-27)36(22-38,23-39)37(33,24-40)25-41/h2-21,31,33-34H,1H3/t31-,33+,34-/m1/s1. The molecule has 0 unspecified atom stereocenters. The Morgan fingerprint density at radius 1 is 0.660 bits per heavy atom. The number of nitrogens with zero attached hydrogens (tertiary/aromatic N) is 6. The number of amides is 2. The first-order valence-corrected chi connectivity index (χ1v) is 16.1. The Bertz CT molecular complexity index is 2130. The molecule has 1 saturated heterocycles. The van der Waals surface area contributed by atoms with Crippen molar-refractivity contribution >= 4 is 21.7 Å². The van der Waals surface area contributed by atoms with Crippen molar-refractivity contribution in [3.63, 3.8) is 0 Å². The molecule has 0 aromatic heterocycles. The van der Waals surface area contributed by atoms with E-state index in [-0.39, 0.29) is 16.3 Å². The molecule has 2 amide bonds. The molecule has 3 atom stereocenters. The van der Waals surface area contributed by atoms with Crippen LogP contribution in [0.4, 0.5) is 10.5 Å². The number of sulfonamides is 1. The van der Waals surface area contributed by atoms with Gasteiger partial charge in [0.2, 0.25) is 0 Å². The lowest BCUT2D eigenvalue weighted by Gasteiger charge is -2.55. The van der Waals surface area contributed by atoms with Crippen LogP contribution in [0.15, 0.2) is 132 Å². The fourth-order valence-electron chi connectivity index (χ4n) is 6.77. The van der Waals surface area contributed by atoms with Gasteiger partial charge in [-0.1, -0.05) is 103 Å². The Hall–Kier alpha value is -6.20. The van der Waals surface area contributed by atoms with Crippen LogP contribution in [0.3, 0.4) is 0 Å². The van der Waals surface area contributed by atoms with Crippen LogP contribution in [0.5, 0.6) is 0 Å². The van der Waals surface area contributed by atoms with E-state index in [1.807, 2.05) is 12.1 Å². The van der Waals surface area contributed by atoms with Crippen molar-refractivity contribution in [1.29, 1.82) is 21.0 Å². The highest BCUT2D eigenvalue weighted by atomic mass is 32.2. The van der Waals surface area contributed by atoms with E-state index in [1.54, 1.807) is 116 Å². The molecule has 1 aliphatic heterocycles. The lowest BCUT2D eigenvalue weighted by atomic mass is 9.48. The first-order valence-electron chi connectivity index (χ1n) is 14.7. The summed E-state index contributed by atoms with van der Waals surface area (Å²) in [5, 5.41) is 43.9. The lowest BCUT2D eigenvalue weighted by Crippen LogP contribution is -2.63.